The molecule has 2 aromatic heterocycles. The topological polar surface area (TPSA) is 105 Å². The lowest BCUT2D eigenvalue weighted by atomic mass is 9.85. The quantitative estimate of drug-likeness (QED) is 0.495. The third-order valence-electron chi connectivity index (χ3n) is 7.01. The summed E-state index contributed by atoms with van der Waals surface area (Å²) >= 11 is 1.35. The van der Waals surface area contributed by atoms with E-state index in [1.165, 1.54) is 22.1 Å². The molecule has 2 fully saturated rings. The van der Waals surface area contributed by atoms with Crippen molar-refractivity contribution >= 4 is 33.0 Å². The van der Waals surface area contributed by atoms with Crippen LogP contribution in [-0.4, -0.2) is 41.9 Å². The number of amides is 1. The van der Waals surface area contributed by atoms with Gasteiger partial charge in [0, 0.05) is 29.6 Å². The highest BCUT2D eigenvalue weighted by atomic mass is 32.2. The highest BCUT2D eigenvalue weighted by Crippen LogP contribution is 2.38. The van der Waals surface area contributed by atoms with Crippen LogP contribution in [0.15, 0.2) is 33.7 Å². The molecule has 3 aromatic rings. The van der Waals surface area contributed by atoms with E-state index in [9.17, 15) is 13.2 Å². The zero-order chi connectivity index (χ0) is 24.7. The Balaban J connectivity index is 1.32. The number of hydrogen-bond acceptors (Lipinski definition) is 7. The summed E-state index contributed by atoms with van der Waals surface area (Å²) < 4.78 is 34.0. The largest absolute Gasteiger partial charge is 0.339 e. The molecule has 0 spiro atoms. The van der Waals surface area contributed by atoms with E-state index < -0.39 is 15.9 Å². The van der Waals surface area contributed by atoms with Gasteiger partial charge in [-0.3, -0.25) is 4.79 Å². The number of sulfonamides is 1. The highest BCUT2D eigenvalue weighted by molar-refractivity contribution is 7.89. The van der Waals surface area contributed by atoms with Crippen LogP contribution in [0.2, 0.25) is 0 Å². The molecule has 1 N–H and O–H groups in total. The molecule has 1 aliphatic heterocycles. The fourth-order valence-corrected chi connectivity index (χ4v) is 7.62. The molecule has 0 radical (unpaired) electrons. The summed E-state index contributed by atoms with van der Waals surface area (Å²) in [6.45, 7) is 6.28. The fraction of sp³-hybridized carbons (Fsp3) is 0.480. The Hall–Kier alpha value is -2.56. The van der Waals surface area contributed by atoms with Gasteiger partial charge in [0.05, 0.1) is 15.7 Å². The van der Waals surface area contributed by atoms with Crippen LogP contribution >= 0.6 is 11.3 Å². The van der Waals surface area contributed by atoms with Crippen molar-refractivity contribution in [3.8, 4) is 10.7 Å². The van der Waals surface area contributed by atoms with Gasteiger partial charge in [0.2, 0.25) is 27.6 Å². The molecule has 1 saturated carbocycles. The van der Waals surface area contributed by atoms with Crippen molar-refractivity contribution in [2.75, 3.05) is 18.4 Å². The van der Waals surface area contributed by atoms with Gasteiger partial charge < -0.3 is 9.84 Å². The SMILES string of the molecule is Cc1ccc(C)c(NC(=O)C2CCCN(S(=O)(=O)c3cc(-c4noc(C5CCC5)n4)sc3C)C2)c1. The van der Waals surface area contributed by atoms with Crippen molar-refractivity contribution in [3.63, 3.8) is 0 Å². The predicted octanol–water partition coefficient (Wildman–Crippen LogP) is 5.03. The van der Waals surface area contributed by atoms with E-state index in [-0.39, 0.29) is 17.3 Å². The number of hydrogen-bond donors (Lipinski definition) is 1. The van der Waals surface area contributed by atoms with E-state index in [2.05, 4.69) is 15.5 Å². The summed E-state index contributed by atoms with van der Waals surface area (Å²) in [5.41, 5.74) is 2.81. The Morgan fingerprint density at radius 2 is 1.94 bits per heavy atom. The number of aromatic nitrogens is 2. The second-order valence-electron chi connectivity index (χ2n) is 9.62. The molecule has 1 aliphatic carbocycles. The van der Waals surface area contributed by atoms with Crippen LogP contribution in [0, 0.1) is 26.7 Å². The number of thiophene rings is 1. The summed E-state index contributed by atoms with van der Waals surface area (Å²) in [7, 11) is -3.76. The smallest absolute Gasteiger partial charge is 0.244 e. The molecule has 2 aliphatic rings. The molecular weight excluding hydrogens is 484 g/mol. The molecule has 1 unspecified atom stereocenters. The normalized spacial score (nSPS) is 19.5. The predicted molar refractivity (Wildman–Crippen MR) is 135 cm³/mol. The van der Waals surface area contributed by atoms with Crippen molar-refractivity contribution in [3.05, 3.63) is 46.2 Å². The Bertz CT molecular complexity index is 1360. The van der Waals surface area contributed by atoms with Crippen molar-refractivity contribution in [2.24, 2.45) is 5.92 Å². The van der Waals surface area contributed by atoms with Gasteiger partial charge in [-0.25, -0.2) is 8.42 Å². The van der Waals surface area contributed by atoms with Crippen molar-refractivity contribution < 1.29 is 17.7 Å². The van der Waals surface area contributed by atoms with Crippen molar-refractivity contribution in [2.45, 2.75) is 63.7 Å². The van der Waals surface area contributed by atoms with E-state index in [4.69, 9.17) is 4.52 Å². The zero-order valence-electron chi connectivity index (χ0n) is 20.2. The van der Waals surface area contributed by atoms with E-state index in [0.717, 1.165) is 29.7 Å². The number of nitrogens with one attached hydrogen (secondary N) is 1. The van der Waals surface area contributed by atoms with Gasteiger partial charge in [0.15, 0.2) is 0 Å². The van der Waals surface area contributed by atoms with E-state index in [1.54, 1.807) is 13.0 Å². The highest BCUT2D eigenvalue weighted by Gasteiger charge is 2.35. The molecule has 8 nitrogen and oxygen atoms in total. The summed E-state index contributed by atoms with van der Waals surface area (Å²) in [5.74, 6) is 0.845. The van der Waals surface area contributed by atoms with Crippen molar-refractivity contribution in [1.82, 2.24) is 14.4 Å². The van der Waals surface area contributed by atoms with Crippen LogP contribution in [0.5, 0.6) is 0 Å². The number of nitrogens with zero attached hydrogens (tertiary/aromatic N) is 3. The Kier molecular flexibility index (Phi) is 6.54. The first-order valence-corrected chi connectivity index (χ1v) is 14.3. The van der Waals surface area contributed by atoms with Crippen LogP contribution in [0.1, 0.15) is 59.9 Å². The lowest BCUT2D eigenvalue weighted by Gasteiger charge is -2.31. The first-order chi connectivity index (χ1) is 16.7. The Labute approximate surface area is 209 Å². The summed E-state index contributed by atoms with van der Waals surface area (Å²) in [6, 6.07) is 7.55. The number of carbonyl (C=O) groups is 1. The summed E-state index contributed by atoms with van der Waals surface area (Å²) in [5, 5.41) is 7.09. The standard InChI is InChI=1S/C25H30N4O4S2/c1-15-9-10-16(2)20(12-15)26-24(30)19-8-5-11-29(14-19)35(31,32)22-13-21(34-17(22)3)23-27-25(33-28-23)18-6-4-7-18/h9-10,12-13,18-19H,4-8,11,14H2,1-3H3,(H,26,30). The number of carbonyl (C=O) groups excluding carboxylic acids is 1. The second-order valence-corrected chi connectivity index (χ2v) is 12.8. The van der Waals surface area contributed by atoms with Crippen LogP contribution in [0.4, 0.5) is 5.69 Å². The van der Waals surface area contributed by atoms with E-state index >= 15 is 0 Å². The molecule has 0 bridgehead atoms. The number of anilines is 1. The maximum absolute atomic E-state index is 13.6. The molecule has 1 aromatic carbocycles. The number of piperidine rings is 1. The van der Waals surface area contributed by atoms with Crippen molar-refractivity contribution in [1.29, 1.82) is 0 Å². The minimum absolute atomic E-state index is 0.142. The van der Waals surface area contributed by atoms with Gasteiger partial charge in [0.1, 0.15) is 0 Å². The maximum atomic E-state index is 13.6. The number of aryl methyl sites for hydroxylation is 3. The molecule has 35 heavy (non-hydrogen) atoms. The van der Waals surface area contributed by atoms with E-state index in [1.807, 2.05) is 32.0 Å². The first-order valence-electron chi connectivity index (χ1n) is 12.0. The molecule has 186 valence electrons. The van der Waals surface area contributed by atoms with Gasteiger partial charge in [-0.1, -0.05) is 23.7 Å². The minimum Gasteiger partial charge on any atom is -0.339 e. The number of rotatable bonds is 6. The summed E-state index contributed by atoms with van der Waals surface area (Å²) in [6.07, 6.45) is 4.57. The van der Waals surface area contributed by atoms with Gasteiger partial charge in [-0.05, 0) is 69.7 Å². The maximum Gasteiger partial charge on any atom is 0.244 e. The van der Waals surface area contributed by atoms with Crippen LogP contribution in [-0.2, 0) is 14.8 Å². The lowest BCUT2D eigenvalue weighted by molar-refractivity contribution is -0.120. The van der Waals surface area contributed by atoms with Gasteiger partial charge in [-0.2, -0.15) is 9.29 Å². The van der Waals surface area contributed by atoms with E-state index in [0.29, 0.717) is 46.8 Å². The van der Waals surface area contributed by atoms with Crippen LogP contribution < -0.4 is 5.32 Å². The molecule has 10 heteroatoms. The average Bonchev–Trinajstić information content (AvgIpc) is 3.42. The zero-order valence-corrected chi connectivity index (χ0v) is 21.8. The molecule has 3 heterocycles. The molecule has 1 saturated heterocycles. The Morgan fingerprint density at radius 1 is 1.14 bits per heavy atom. The van der Waals surface area contributed by atoms with Gasteiger partial charge in [-0.15, -0.1) is 11.3 Å². The third kappa shape index (κ3) is 4.79. The number of benzene rings is 1. The second kappa shape index (κ2) is 9.48. The molecule has 1 amide bonds. The fourth-order valence-electron chi connectivity index (χ4n) is 4.61. The average molecular weight is 515 g/mol. The molecule has 1 atom stereocenters. The molecular formula is C25H30N4O4S2. The Morgan fingerprint density at radius 3 is 2.69 bits per heavy atom. The summed E-state index contributed by atoms with van der Waals surface area (Å²) in [4.78, 5) is 19.1. The minimum atomic E-state index is -3.76. The molecule has 5 rings (SSSR count). The van der Waals surface area contributed by atoms with Gasteiger partial charge >= 0.3 is 0 Å². The van der Waals surface area contributed by atoms with Crippen LogP contribution in [0.25, 0.3) is 10.7 Å². The lowest BCUT2D eigenvalue weighted by Crippen LogP contribution is -2.43. The monoisotopic (exact) mass is 514 g/mol. The third-order valence-corrected chi connectivity index (χ3v) is 10.2. The van der Waals surface area contributed by atoms with Gasteiger partial charge in [0.25, 0.3) is 0 Å². The first kappa shape index (κ1) is 24.1. The van der Waals surface area contributed by atoms with Crippen LogP contribution in [0.3, 0.4) is 0 Å².